The van der Waals surface area contributed by atoms with Gasteiger partial charge in [-0.1, -0.05) is 37.8 Å². The van der Waals surface area contributed by atoms with Crippen LogP contribution in [0.4, 0.5) is 11.4 Å². The van der Waals surface area contributed by atoms with E-state index in [0.29, 0.717) is 35.6 Å². The van der Waals surface area contributed by atoms with Crippen molar-refractivity contribution in [3.8, 4) is 29.9 Å². The minimum absolute atomic E-state index is 0.0751. The number of allylic oxidation sites excluding steroid dienone is 2. The molecule has 2 aromatic carbocycles. The van der Waals surface area contributed by atoms with Crippen molar-refractivity contribution < 1.29 is 26.0 Å². The first kappa shape index (κ1) is 60.9. The Morgan fingerprint density at radius 2 is 0.821 bits per heavy atom. The van der Waals surface area contributed by atoms with Crippen molar-refractivity contribution in [1.82, 2.24) is 0 Å². The summed E-state index contributed by atoms with van der Waals surface area (Å²) in [4.78, 5) is 44.7. The van der Waals surface area contributed by atoms with Crippen molar-refractivity contribution in [1.29, 1.82) is 0 Å². The summed E-state index contributed by atoms with van der Waals surface area (Å²) in [6.45, 7) is 37.2. The number of unbranched alkanes of at least 4 members (excludes halogenated alkanes) is 4. The molecule has 2 aliphatic rings. The van der Waals surface area contributed by atoms with Crippen molar-refractivity contribution >= 4 is 131 Å². The number of hydrogen-bond acceptors (Lipinski definition) is 12. The quantitative estimate of drug-likeness (QED) is 0.0319. The van der Waals surface area contributed by atoms with E-state index in [1.54, 1.807) is 22.7 Å². The fourth-order valence-electron chi connectivity index (χ4n) is 11.0. The van der Waals surface area contributed by atoms with Gasteiger partial charge in [-0.15, -0.1) is 45.3 Å². The molecule has 0 amide bonds. The number of thiophene rings is 4. The van der Waals surface area contributed by atoms with Crippen molar-refractivity contribution in [2.75, 3.05) is 22.9 Å². The third kappa shape index (κ3) is 15.9. The average molecular weight is 1230 g/mol. The Kier molecular flexibility index (Phi) is 19.0. The Morgan fingerprint density at radius 3 is 1.27 bits per heavy atom. The van der Waals surface area contributed by atoms with Gasteiger partial charge in [0.15, 0.2) is 33.3 Å². The van der Waals surface area contributed by atoms with Crippen LogP contribution in [0.2, 0.25) is 104 Å². The highest BCUT2D eigenvalue weighted by Gasteiger charge is 2.44. The average Bonchev–Trinajstić information content (AvgIpc) is 4.34. The summed E-state index contributed by atoms with van der Waals surface area (Å²) in [5, 5.41) is 0. The number of aryl methyl sites for hydroxylation is 2. The maximum atomic E-state index is 15.2. The summed E-state index contributed by atoms with van der Waals surface area (Å²) in [5.74, 6) is -0.157. The van der Waals surface area contributed by atoms with Crippen LogP contribution in [0.5, 0.6) is 0 Å². The van der Waals surface area contributed by atoms with Crippen LogP contribution in [-0.4, -0.2) is 75.0 Å². The number of carbonyl (C=O) groups excluding carboxylic acids is 2. The second kappa shape index (κ2) is 24.3. The molecule has 78 heavy (non-hydrogen) atoms. The van der Waals surface area contributed by atoms with Gasteiger partial charge in [0.05, 0.1) is 11.4 Å². The standard InChI is InChI=1S/C60H84N2O6S4Si6/c1-43-23-30-48-50(41-43)61(37-19-17-21-39-77(15,65-73(3,4)5)66-74(6,7)8)57(59(48)63)58-60(64)49-31-25-45(42-51(49)62(58)38-20-18-22-40-78(16,67-75(9,10)11)68-76(12,13)14)52-35-36-56(72-52)55-34-29-47(71-55)27-26-46-28-33-54(70-46)53-32-24-44(2)69-53/h23-36,41-42H,17-22,37-40H2,1-16H3/b27-26+,58-57+. The predicted octanol–water partition coefficient (Wildman–Crippen LogP) is 19.5. The maximum absolute atomic E-state index is 15.2. The van der Waals surface area contributed by atoms with Gasteiger partial charge in [-0.25, -0.2) is 0 Å². The largest absolute Gasteiger partial charge is 0.437 e. The Hall–Kier alpha value is -3.20. The molecule has 6 aromatic rings. The highest BCUT2D eigenvalue weighted by atomic mass is 32.1. The molecule has 2 aliphatic heterocycles. The topological polar surface area (TPSA) is 77.5 Å². The lowest BCUT2D eigenvalue weighted by atomic mass is 10.0. The Balaban J connectivity index is 1.07. The second-order valence-electron chi connectivity index (χ2n) is 25.5. The Morgan fingerprint density at radius 1 is 0.423 bits per heavy atom. The molecular weight excluding hydrogens is 1140 g/mol. The summed E-state index contributed by atoms with van der Waals surface area (Å²) in [6.07, 6.45) is 10.0. The normalized spacial score (nSPS) is 15.7. The van der Waals surface area contributed by atoms with Crippen molar-refractivity contribution in [2.45, 2.75) is 156 Å². The van der Waals surface area contributed by atoms with E-state index in [1.807, 2.05) is 40.9 Å². The first-order valence-corrected chi connectivity index (χ1v) is 49.9. The van der Waals surface area contributed by atoms with Gasteiger partial charge in [0.2, 0.25) is 11.6 Å². The minimum Gasteiger partial charge on any atom is -0.437 e. The summed E-state index contributed by atoms with van der Waals surface area (Å²) >= 11 is 7.25. The number of nitrogens with zero attached hydrogens (tertiary/aromatic N) is 2. The summed E-state index contributed by atoms with van der Waals surface area (Å²) in [6, 6.07) is 32.0. The van der Waals surface area contributed by atoms with Crippen LogP contribution in [0.15, 0.2) is 96.3 Å². The molecule has 6 heterocycles. The second-order valence-corrected chi connectivity index (χ2v) is 55.8. The molecule has 18 heteroatoms. The third-order valence-electron chi connectivity index (χ3n) is 13.3. The third-order valence-corrected chi connectivity index (χ3v) is 37.2. The van der Waals surface area contributed by atoms with Crippen LogP contribution in [0, 0.1) is 13.8 Å². The molecule has 0 fully saturated rings. The zero-order chi connectivity index (χ0) is 56.6. The molecule has 0 saturated carbocycles. The molecule has 0 saturated heterocycles. The lowest BCUT2D eigenvalue weighted by molar-refractivity contribution is 0.100. The zero-order valence-electron chi connectivity index (χ0n) is 49.3. The zero-order valence-corrected chi connectivity index (χ0v) is 58.6. The number of hydrogen-bond donors (Lipinski definition) is 0. The summed E-state index contributed by atoms with van der Waals surface area (Å²) in [7, 11) is -12.2. The van der Waals surface area contributed by atoms with Gasteiger partial charge < -0.3 is 26.3 Å². The molecule has 0 bridgehead atoms. The molecule has 8 rings (SSSR count). The molecule has 0 aliphatic carbocycles. The lowest BCUT2D eigenvalue weighted by Crippen LogP contribution is -2.52. The number of rotatable bonds is 25. The first-order chi connectivity index (χ1) is 36.4. The van der Waals surface area contributed by atoms with Gasteiger partial charge in [-0.05, 0) is 227 Å². The van der Waals surface area contributed by atoms with Crippen molar-refractivity contribution in [3.63, 3.8) is 0 Å². The highest BCUT2D eigenvalue weighted by Crippen LogP contribution is 2.46. The molecule has 4 aromatic heterocycles. The fraction of sp³-hybridized carbons (Fsp3) is 0.433. The Labute approximate surface area is 489 Å². The maximum Gasteiger partial charge on any atom is 0.314 e. The van der Waals surface area contributed by atoms with E-state index < -0.39 is 50.4 Å². The van der Waals surface area contributed by atoms with E-state index in [9.17, 15) is 0 Å². The molecule has 0 unspecified atom stereocenters. The SMILES string of the molecule is Cc1ccc2c(c1)N(CCCCC[Si](C)(O[Si](C)(C)C)O[Si](C)(C)C)/C(=C1\C(=O)c3ccc(-c4ccc(-c5ccc(/C=C/c6ccc(-c7ccc(C)s7)s6)s5)s4)cc3N1CCCCC[Si](C)(O[Si](C)(C)C)O[Si](C)(C)C)C2=O. The lowest BCUT2D eigenvalue weighted by Gasteiger charge is -2.38. The Bertz CT molecular complexity index is 3150. The van der Waals surface area contributed by atoms with Crippen LogP contribution in [0.1, 0.15) is 79.4 Å². The predicted molar refractivity (Wildman–Crippen MR) is 354 cm³/mol. The van der Waals surface area contributed by atoms with Crippen molar-refractivity contribution in [2.24, 2.45) is 0 Å². The highest BCUT2D eigenvalue weighted by molar-refractivity contribution is 7.24. The number of Topliss-reactive ketones (excluding diaryl/α,β-unsaturated/α-hetero) is 2. The molecule has 0 spiro atoms. The summed E-state index contributed by atoms with van der Waals surface area (Å²) < 4.78 is 27.5. The van der Waals surface area contributed by atoms with Gasteiger partial charge >= 0.3 is 17.1 Å². The number of ketones is 2. The van der Waals surface area contributed by atoms with Crippen molar-refractivity contribution in [3.05, 3.63) is 128 Å². The van der Waals surface area contributed by atoms with E-state index in [4.69, 9.17) is 16.5 Å². The molecule has 418 valence electrons. The van der Waals surface area contributed by atoms with E-state index in [-0.39, 0.29) is 11.6 Å². The first-order valence-electron chi connectivity index (χ1n) is 27.9. The van der Waals surface area contributed by atoms with E-state index in [1.165, 1.54) is 34.1 Å². The van der Waals surface area contributed by atoms with Crippen LogP contribution in [0.3, 0.4) is 0 Å². The number of fused-ring (bicyclic) bond motifs is 2. The number of anilines is 2. The number of benzene rings is 2. The van der Waals surface area contributed by atoms with Gasteiger partial charge in [0, 0.05) is 63.2 Å². The van der Waals surface area contributed by atoms with Gasteiger partial charge in [0.1, 0.15) is 11.4 Å². The number of carbonyl (C=O) groups is 2. The summed E-state index contributed by atoms with van der Waals surface area (Å²) in [5.41, 5.74) is 6.25. The van der Waals surface area contributed by atoms with E-state index in [2.05, 4.69) is 194 Å². The molecule has 0 atom stereocenters. The smallest absolute Gasteiger partial charge is 0.314 e. The fourth-order valence-corrected chi connectivity index (χ4v) is 40.1. The van der Waals surface area contributed by atoms with Gasteiger partial charge in [0.25, 0.3) is 0 Å². The van der Waals surface area contributed by atoms with Crippen LogP contribution < -0.4 is 9.80 Å². The minimum atomic E-state index is -2.42. The van der Waals surface area contributed by atoms with E-state index >= 15 is 9.59 Å². The van der Waals surface area contributed by atoms with Crippen LogP contribution >= 0.6 is 45.3 Å². The molecule has 0 N–H and O–H groups in total. The van der Waals surface area contributed by atoms with Crippen LogP contribution in [0.25, 0.3) is 42.1 Å². The molecule has 8 nitrogen and oxygen atoms in total. The molecule has 0 radical (unpaired) electrons. The molecular formula is C60H84N2O6S4Si6. The van der Waals surface area contributed by atoms with Crippen LogP contribution in [-0.2, 0) is 16.5 Å². The van der Waals surface area contributed by atoms with Gasteiger partial charge in [-0.2, -0.15) is 0 Å². The monoisotopic (exact) mass is 1220 g/mol. The van der Waals surface area contributed by atoms with Gasteiger partial charge in [-0.3, -0.25) is 9.59 Å². The van der Waals surface area contributed by atoms with E-state index in [0.717, 1.165) is 78.0 Å².